The Balaban J connectivity index is 1.70. The van der Waals surface area contributed by atoms with E-state index in [2.05, 4.69) is 5.32 Å². The van der Waals surface area contributed by atoms with Crippen molar-refractivity contribution in [3.63, 3.8) is 0 Å². The largest absolute Gasteiger partial charge is 0.353 e. The second-order valence-electron chi connectivity index (χ2n) is 6.14. The second kappa shape index (κ2) is 7.13. The van der Waals surface area contributed by atoms with Gasteiger partial charge in [-0.05, 0) is 57.4 Å². The lowest BCUT2D eigenvalue weighted by Gasteiger charge is -2.30. The van der Waals surface area contributed by atoms with Crippen molar-refractivity contribution >= 4 is 5.91 Å². The van der Waals surface area contributed by atoms with Gasteiger partial charge in [-0.15, -0.1) is 0 Å². The SMILES string of the molecule is NCCC1CCC(C(=O)NC2CCCCC2)CC1. The highest BCUT2D eigenvalue weighted by atomic mass is 16.1. The van der Waals surface area contributed by atoms with Crippen LogP contribution in [0.1, 0.15) is 64.2 Å². The van der Waals surface area contributed by atoms with Gasteiger partial charge in [0.15, 0.2) is 0 Å². The van der Waals surface area contributed by atoms with Gasteiger partial charge in [-0.3, -0.25) is 4.79 Å². The van der Waals surface area contributed by atoms with Crippen molar-refractivity contribution in [1.29, 1.82) is 0 Å². The number of carbonyl (C=O) groups excluding carboxylic acids is 1. The van der Waals surface area contributed by atoms with Crippen LogP contribution in [0.15, 0.2) is 0 Å². The van der Waals surface area contributed by atoms with E-state index >= 15 is 0 Å². The molecule has 0 atom stereocenters. The predicted molar refractivity (Wildman–Crippen MR) is 74.1 cm³/mol. The van der Waals surface area contributed by atoms with E-state index in [4.69, 9.17) is 5.73 Å². The van der Waals surface area contributed by atoms with Crippen LogP contribution in [-0.4, -0.2) is 18.5 Å². The topological polar surface area (TPSA) is 55.1 Å². The summed E-state index contributed by atoms with van der Waals surface area (Å²) >= 11 is 0. The quantitative estimate of drug-likeness (QED) is 0.808. The molecule has 18 heavy (non-hydrogen) atoms. The first-order valence-corrected chi connectivity index (χ1v) is 7.80. The zero-order valence-corrected chi connectivity index (χ0v) is 11.5. The molecule has 2 saturated carbocycles. The lowest BCUT2D eigenvalue weighted by Crippen LogP contribution is -2.41. The Morgan fingerprint density at radius 2 is 1.67 bits per heavy atom. The fraction of sp³-hybridized carbons (Fsp3) is 0.933. The van der Waals surface area contributed by atoms with Gasteiger partial charge in [0.1, 0.15) is 0 Å². The molecule has 0 aromatic rings. The summed E-state index contributed by atoms with van der Waals surface area (Å²) in [6.07, 6.45) is 12.0. The lowest BCUT2D eigenvalue weighted by atomic mass is 9.80. The number of rotatable bonds is 4. The van der Waals surface area contributed by atoms with Crippen molar-refractivity contribution in [2.45, 2.75) is 70.3 Å². The summed E-state index contributed by atoms with van der Waals surface area (Å²) < 4.78 is 0. The van der Waals surface area contributed by atoms with Gasteiger partial charge in [0, 0.05) is 12.0 Å². The maximum atomic E-state index is 12.2. The number of nitrogens with two attached hydrogens (primary N) is 1. The summed E-state index contributed by atoms with van der Waals surface area (Å²) in [5, 5.41) is 3.27. The fourth-order valence-electron chi connectivity index (χ4n) is 3.51. The molecule has 2 aliphatic carbocycles. The van der Waals surface area contributed by atoms with E-state index in [0.717, 1.165) is 31.7 Å². The summed E-state index contributed by atoms with van der Waals surface area (Å²) in [5.41, 5.74) is 5.60. The summed E-state index contributed by atoms with van der Waals surface area (Å²) in [6, 6.07) is 0.466. The van der Waals surface area contributed by atoms with Gasteiger partial charge in [-0.2, -0.15) is 0 Å². The Morgan fingerprint density at radius 1 is 1.00 bits per heavy atom. The Labute approximate surface area is 111 Å². The van der Waals surface area contributed by atoms with Crippen LogP contribution in [0.25, 0.3) is 0 Å². The van der Waals surface area contributed by atoms with Crippen molar-refractivity contribution in [3.05, 3.63) is 0 Å². The minimum atomic E-state index is 0.279. The highest BCUT2D eigenvalue weighted by molar-refractivity contribution is 5.79. The van der Waals surface area contributed by atoms with Crippen LogP contribution >= 0.6 is 0 Å². The average Bonchev–Trinajstić information content (AvgIpc) is 2.41. The number of nitrogens with one attached hydrogen (secondary N) is 1. The predicted octanol–water partition coefficient (Wildman–Crippen LogP) is 2.59. The Bertz CT molecular complexity index is 253. The van der Waals surface area contributed by atoms with Crippen molar-refractivity contribution in [2.75, 3.05) is 6.54 Å². The van der Waals surface area contributed by atoms with Gasteiger partial charge in [0.2, 0.25) is 5.91 Å². The monoisotopic (exact) mass is 252 g/mol. The van der Waals surface area contributed by atoms with Crippen LogP contribution in [0.5, 0.6) is 0 Å². The normalized spacial score (nSPS) is 30.1. The maximum absolute atomic E-state index is 12.2. The number of carbonyl (C=O) groups is 1. The first-order valence-electron chi connectivity index (χ1n) is 7.80. The average molecular weight is 252 g/mol. The smallest absolute Gasteiger partial charge is 0.223 e. The molecule has 3 N–H and O–H groups in total. The van der Waals surface area contributed by atoms with Gasteiger partial charge in [0.25, 0.3) is 0 Å². The van der Waals surface area contributed by atoms with E-state index < -0.39 is 0 Å². The molecule has 2 aliphatic rings. The molecule has 1 amide bonds. The number of hydrogen-bond acceptors (Lipinski definition) is 2. The van der Waals surface area contributed by atoms with Crippen LogP contribution in [0, 0.1) is 11.8 Å². The molecule has 104 valence electrons. The summed E-state index contributed by atoms with van der Waals surface area (Å²) in [5.74, 6) is 1.38. The third-order valence-corrected chi connectivity index (χ3v) is 4.74. The van der Waals surface area contributed by atoms with E-state index in [1.54, 1.807) is 0 Å². The molecular weight excluding hydrogens is 224 g/mol. The second-order valence-corrected chi connectivity index (χ2v) is 6.14. The zero-order chi connectivity index (χ0) is 12.8. The molecule has 3 heteroatoms. The molecule has 3 nitrogen and oxygen atoms in total. The van der Waals surface area contributed by atoms with E-state index in [1.807, 2.05) is 0 Å². The first kappa shape index (κ1) is 13.9. The van der Waals surface area contributed by atoms with Crippen LogP contribution in [0.3, 0.4) is 0 Å². The van der Waals surface area contributed by atoms with Gasteiger partial charge in [-0.1, -0.05) is 19.3 Å². The molecule has 0 saturated heterocycles. The van der Waals surface area contributed by atoms with Gasteiger partial charge in [-0.25, -0.2) is 0 Å². The van der Waals surface area contributed by atoms with Crippen LogP contribution in [-0.2, 0) is 4.79 Å². The van der Waals surface area contributed by atoms with Crippen LogP contribution in [0.4, 0.5) is 0 Å². The third-order valence-electron chi connectivity index (χ3n) is 4.74. The molecule has 2 fully saturated rings. The molecule has 0 bridgehead atoms. The maximum Gasteiger partial charge on any atom is 0.223 e. The van der Waals surface area contributed by atoms with Crippen molar-refractivity contribution in [1.82, 2.24) is 5.32 Å². The van der Waals surface area contributed by atoms with Crippen molar-refractivity contribution in [3.8, 4) is 0 Å². The molecule has 0 unspecified atom stereocenters. The first-order chi connectivity index (χ1) is 8.79. The van der Waals surface area contributed by atoms with E-state index in [-0.39, 0.29) is 5.92 Å². The molecule has 0 aliphatic heterocycles. The van der Waals surface area contributed by atoms with Crippen molar-refractivity contribution in [2.24, 2.45) is 17.6 Å². The van der Waals surface area contributed by atoms with Gasteiger partial charge in [0.05, 0.1) is 0 Å². The molecular formula is C15H28N2O. The Morgan fingerprint density at radius 3 is 2.28 bits per heavy atom. The molecule has 0 aromatic carbocycles. The van der Waals surface area contributed by atoms with Crippen molar-refractivity contribution < 1.29 is 4.79 Å². The standard InChI is InChI=1S/C15H28N2O/c16-11-10-12-6-8-13(9-7-12)15(18)17-14-4-2-1-3-5-14/h12-14H,1-11,16H2,(H,17,18). The van der Waals surface area contributed by atoms with Crippen LogP contribution in [0.2, 0.25) is 0 Å². The Kier molecular flexibility index (Phi) is 5.48. The molecule has 0 heterocycles. The van der Waals surface area contributed by atoms with E-state index in [9.17, 15) is 4.79 Å². The van der Waals surface area contributed by atoms with Gasteiger partial charge >= 0.3 is 0 Å². The summed E-state index contributed by atoms with van der Waals surface area (Å²) in [4.78, 5) is 12.2. The Hall–Kier alpha value is -0.570. The zero-order valence-electron chi connectivity index (χ0n) is 11.5. The molecule has 0 radical (unpaired) electrons. The third kappa shape index (κ3) is 3.98. The lowest BCUT2D eigenvalue weighted by molar-refractivity contribution is -0.127. The summed E-state index contributed by atoms with van der Waals surface area (Å²) in [7, 11) is 0. The number of hydrogen-bond donors (Lipinski definition) is 2. The molecule has 0 spiro atoms. The minimum Gasteiger partial charge on any atom is -0.353 e. The molecule has 2 rings (SSSR count). The summed E-state index contributed by atoms with van der Waals surface area (Å²) in [6.45, 7) is 0.795. The highest BCUT2D eigenvalue weighted by Gasteiger charge is 2.27. The van der Waals surface area contributed by atoms with Crippen LogP contribution < -0.4 is 11.1 Å². The fourth-order valence-corrected chi connectivity index (χ4v) is 3.51. The number of amides is 1. The molecule has 0 aromatic heterocycles. The van der Waals surface area contributed by atoms with E-state index in [1.165, 1.54) is 44.9 Å². The highest BCUT2D eigenvalue weighted by Crippen LogP contribution is 2.31. The van der Waals surface area contributed by atoms with Gasteiger partial charge < -0.3 is 11.1 Å². The minimum absolute atomic E-state index is 0.279. The van der Waals surface area contributed by atoms with E-state index in [0.29, 0.717) is 11.9 Å².